The van der Waals surface area contributed by atoms with E-state index < -0.39 is 5.97 Å². The van der Waals surface area contributed by atoms with E-state index in [1.807, 2.05) is 41.5 Å². The number of carboxylic acids is 1. The Balaban J connectivity index is -0.000000107. The van der Waals surface area contributed by atoms with Gasteiger partial charge in [-0.25, -0.2) is 10.4 Å². The van der Waals surface area contributed by atoms with Gasteiger partial charge in [-0.15, -0.1) is 0 Å². The molecule has 0 aliphatic carbocycles. The monoisotopic (exact) mass is 374 g/mol. The zero-order chi connectivity index (χ0) is 16.8. The second-order valence-corrected chi connectivity index (χ2v) is 4.58. The normalized spacial score (nSPS) is 10.3. The summed E-state index contributed by atoms with van der Waals surface area (Å²) in [7, 11) is 0. The van der Waals surface area contributed by atoms with E-state index in [1.54, 1.807) is 0 Å². The van der Waals surface area contributed by atoms with Crippen LogP contribution in [0.5, 0.6) is 0 Å². The predicted octanol–water partition coefficient (Wildman–Crippen LogP) is -1.74. The Labute approximate surface area is 140 Å². The molecule has 0 fully saturated rings. The van der Waals surface area contributed by atoms with Crippen LogP contribution in [0.4, 0.5) is 0 Å². The number of carbonyl (C=O) groups excluding carboxylic acids is 1. The lowest BCUT2D eigenvalue weighted by molar-refractivity contribution is -1.10. The average Bonchev–Trinajstić information content (AvgIpc) is 2.45. The molecule has 0 amide bonds. The molecule has 0 aromatic heterocycles. The third-order valence-electron chi connectivity index (χ3n) is 3.53. The molecule has 2 N–H and O–H groups in total. The van der Waals surface area contributed by atoms with Crippen molar-refractivity contribution in [3.05, 3.63) is 0 Å². The third kappa shape index (κ3) is 19.8. The summed E-state index contributed by atoms with van der Waals surface area (Å²) < 4.78 is 0.417. The number of halogens is 1. The predicted molar refractivity (Wildman–Crippen MR) is 78.0 cm³/mol. The van der Waals surface area contributed by atoms with Crippen molar-refractivity contribution in [1.82, 2.24) is 0 Å². The molecule has 132 valence electrons. The van der Waals surface area contributed by atoms with Crippen LogP contribution in [0.15, 0.2) is 0 Å². The van der Waals surface area contributed by atoms with Gasteiger partial charge in [-0.1, -0.05) is 0 Å². The number of nitrogens with zero attached hydrogens (tertiary/aromatic N) is 2. The van der Waals surface area contributed by atoms with Crippen LogP contribution in [0.2, 0.25) is 0 Å². The first-order chi connectivity index (χ1) is 9.10. The fourth-order valence-corrected chi connectivity index (χ4v) is 1.34. The van der Waals surface area contributed by atoms with Gasteiger partial charge < -0.3 is 26.9 Å². The van der Waals surface area contributed by atoms with Gasteiger partial charge in [0.15, 0.2) is 0 Å². The quantitative estimate of drug-likeness (QED) is 0.427. The van der Waals surface area contributed by atoms with Crippen LogP contribution in [0, 0.1) is 0 Å². The van der Waals surface area contributed by atoms with Crippen molar-refractivity contribution in [1.29, 1.82) is 0 Å². The highest BCUT2D eigenvalue weighted by Gasteiger charge is 2.16. The number of carboxylic acid groups (broad SMARTS) is 1. The smallest absolute Gasteiger partial charge is 0.106 e. The van der Waals surface area contributed by atoms with E-state index in [-0.39, 0.29) is 26.3 Å². The van der Waals surface area contributed by atoms with Gasteiger partial charge >= 0.3 is 0 Å². The Bertz CT molecular complexity index is 194. The lowest BCUT2D eigenvalue weighted by Crippen LogP contribution is -3.00. The maximum absolute atomic E-state index is 9.38. The van der Waals surface area contributed by atoms with Crippen LogP contribution in [-0.2, 0) is 4.79 Å². The van der Waals surface area contributed by atoms with Gasteiger partial charge in [0.25, 0.3) is 0 Å². The number of aliphatic carboxylic acids is 1. The summed E-state index contributed by atoms with van der Waals surface area (Å²) in [5, 5.41) is 27.6. The van der Waals surface area contributed by atoms with Gasteiger partial charge in [0, 0.05) is 5.97 Å². The Morgan fingerprint density at radius 3 is 0.857 bits per heavy atom. The second kappa shape index (κ2) is 16.2. The van der Waals surface area contributed by atoms with Crippen molar-refractivity contribution < 1.29 is 46.6 Å². The summed E-state index contributed by atoms with van der Waals surface area (Å²) in [5.41, 5.74) is 0. The molecule has 0 aromatic rings. The molecule has 0 aliphatic heterocycles. The molecule has 7 heteroatoms. The molecule has 21 heavy (non-hydrogen) atoms. The Morgan fingerprint density at radius 2 is 0.857 bits per heavy atom. The largest absolute Gasteiger partial charge is 1.00 e. The Kier molecular flexibility index (Phi) is 22.2. The molecule has 6 nitrogen and oxygen atoms in total. The van der Waals surface area contributed by atoms with E-state index in [0.717, 1.165) is 46.2 Å². The molecule has 0 radical (unpaired) electrons. The molecule has 0 heterocycles. The molecule has 0 spiro atoms. The van der Waals surface area contributed by atoms with E-state index >= 15 is 0 Å². The maximum Gasteiger partial charge on any atom is 0.106 e. The summed E-state index contributed by atoms with van der Waals surface area (Å²) in [5.74, 6) is -1.08. The van der Waals surface area contributed by atoms with E-state index in [0.29, 0.717) is 0 Å². The standard InChI is InChI=1S/2C6H16NO.C2H4O2.BrH/c2*1-4-7(8,5-2)6-3;1-2(3)4;/h2*8H,4-6H2,1-3H3;1H3,(H,3,4);1H/q2*+1;;/p-2. The van der Waals surface area contributed by atoms with Crippen molar-refractivity contribution in [2.75, 3.05) is 39.3 Å². The van der Waals surface area contributed by atoms with Gasteiger partial charge in [-0.3, -0.25) is 0 Å². The van der Waals surface area contributed by atoms with Crippen molar-refractivity contribution >= 4 is 5.97 Å². The summed E-state index contributed by atoms with van der Waals surface area (Å²) >= 11 is 0. The first-order valence-electron chi connectivity index (χ1n) is 7.45. The minimum atomic E-state index is -1.08. The number of quaternary nitrogens is 2. The zero-order valence-corrected chi connectivity index (χ0v) is 16.3. The van der Waals surface area contributed by atoms with Gasteiger partial charge in [0.05, 0.1) is 0 Å². The van der Waals surface area contributed by atoms with Crippen LogP contribution in [0.25, 0.3) is 0 Å². The van der Waals surface area contributed by atoms with E-state index in [9.17, 15) is 10.4 Å². The fraction of sp³-hybridized carbons (Fsp3) is 0.929. The lowest BCUT2D eigenvalue weighted by Gasteiger charge is -2.25. The van der Waals surface area contributed by atoms with Gasteiger partial charge in [-0.05, 0) is 48.5 Å². The molecule has 0 bridgehead atoms. The molecule has 0 saturated carbocycles. The van der Waals surface area contributed by atoms with Crippen molar-refractivity contribution in [3.63, 3.8) is 0 Å². The van der Waals surface area contributed by atoms with E-state index in [1.165, 1.54) is 0 Å². The highest BCUT2D eigenvalue weighted by molar-refractivity contribution is 5.60. The Hall–Kier alpha value is -0.210. The number of rotatable bonds is 6. The molecule has 0 saturated heterocycles. The van der Waals surface area contributed by atoms with Gasteiger partial charge in [0.1, 0.15) is 39.3 Å². The van der Waals surface area contributed by atoms with E-state index in [4.69, 9.17) is 9.90 Å². The highest BCUT2D eigenvalue weighted by Crippen LogP contribution is 1.97. The molecular weight excluding hydrogens is 340 g/mol. The van der Waals surface area contributed by atoms with Gasteiger partial charge in [-0.2, -0.15) is 9.29 Å². The van der Waals surface area contributed by atoms with E-state index in [2.05, 4.69) is 0 Å². The first-order valence-corrected chi connectivity index (χ1v) is 7.45. The highest BCUT2D eigenvalue weighted by atomic mass is 79.9. The summed E-state index contributed by atoms with van der Waals surface area (Å²) in [4.78, 5) is 8.89. The summed E-state index contributed by atoms with van der Waals surface area (Å²) in [6.45, 7) is 17.8. The minimum Gasteiger partial charge on any atom is -1.00 e. The molecule has 0 aromatic carbocycles. The summed E-state index contributed by atoms with van der Waals surface area (Å²) in [6, 6.07) is 0. The van der Waals surface area contributed by atoms with Crippen LogP contribution < -0.4 is 22.1 Å². The average molecular weight is 375 g/mol. The number of hydroxylamine groups is 6. The number of carbonyl (C=O) groups is 1. The van der Waals surface area contributed by atoms with Crippen molar-refractivity contribution in [2.24, 2.45) is 0 Å². The van der Waals surface area contributed by atoms with Crippen LogP contribution in [0.3, 0.4) is 0 Å². The zero-order valence-electron chi connectivity index (χ0n) is 14.7. The SMILES string of the molecule is CC(=O)[O-].CC[N+](O)(CC)CC.CC[N+](O)(CC)CC.[Br-]. The van der Waals surface area contributed by atoms with Crippen LogP contribution in [0.1, 0.15) is 48.5 Å². The van der Waals surface area contributed by atoms with Gasteiger partial charge in [0.2, 0.25) is 0 Å². The maximum atomic E-state index is 9.38. The summed E-state index contributed by atoms with van der Waals surface area (Å²) in [6.07, 6.45) is 0. The fourth-order valence-electron chi connectivity index (χ4n) is 1.34. The van der Waals surface area contributed by atoms with Crippen LogP contribution in [-0.4, -0.2) is 64.9 Å². The van der Waals surface area contributed by atoms with Crippen LogP contribution >= 0.6 is 0 Å². The lowest BCUT2D eigenvalue weighted by atomic mass is 10.5. The molecule has 0 aliphatic rings. The third-order valence-corrected chi connectivity index (χ3v) is 3.53. The second-order valence-electron chi connectivity index (χ2n) is 4.58. The first kappa shape index (κ1) is 28.9. The molecular formula is C14H35BrN2O4. The topological polar surface area (TPSA) is 80.6 Å². The Morgan fingerprint density at radius 1 is 0.762 bits per heavy atom. The minimum absolute atomic E-state index is 0. The van der Waals surface area contributed by atoms with Crippen molar-refractivity contribution in [3.8, 4) is 0 Å². The van der Waals surface area contributed by atoms with Crippen molar-refractivity contribution in [2.45, 2.75) is 48.5 Å². The number of hydrogen-bond acceptors (Lipinski definition) is 4. The molecule has 0 rings (SSSR count). The molecule has 0 unspecified atom stereocenters. The molecule has 0 atom stereocenters. The number of hydrogen-bond donors (Lipinski definition) is 2.